The zero-order valence-corrected chi connectivity index (χ0v) is 14.9. The third-order valence-corrected chi connectivity index (χ3v) is 4.09. The van der Waals surface area contributed by atoms with Gasteiger partial charge in [0.25, 0.3) is 5.91 Å². The number of hydrogen-bond donors (Lipinski definition) is 1. The quantitative estimate of drug-likeness (QED) is 0.906. The predicted molar refractivity (Wildman–Crippen MR) is 92.7 cm³/mol. The molecule has 0 aliphatic heterocycles. The SMILES string of the molecule is Cc1nn(C)c(C)c1CC(=O)NCc1ccc(C(=O)N(C)C)cc1. The third-order valence-electron chi connectivity index (χ3n) is 4.09. The van der Waals surface area contributed by atoms with Crippen LogP contribution >= 0.6 is 0 Å². The second-order valence-electron chi connectivity index (χ2n) is 6.12. The highest BCUT2D eigenvalue weighted by atomic mass is 16.2. The van der Waals surface area contributed by atoms with E-state index in [9.17, 15) is 9.59 Å². The molecule has 24 heavy (non-hydrogen) atoms. The highest BCUT2D eigenvalue weighted by Gasteiger charge is 2.13. The van der Waals surface area contributed by atoms with Crippen molar-refractivity contribution in [3.8, 4) is 0 Å². The Morgan fingerprint density at radius 3 is 2.29 bits per heavy atom. The smallest absolute Gasteiger partial charge is 0.253 e. The summed E-state index contributed by atoms with van der Waals surface area (Å²) in [4.78, 5) is 25.5. The highest BCUT2D eigenvalue weighted by molar-refractivity contribution is 5.93. The molecule has 1 aromatic carbocycles. The van der Waals surface area contributed by atoms with Gasteiger partial charge in [0.05, 0.1) is 12.1 Å². The second-order valence-corrected chi connectivity index (χ2v) is 6.12. The summed E-state index contributed by atoms with van der Waals surface area (Å²) < 4.78 is 1.79. The molecule has 128 valence electrons. The Balaban J connectivity index is 1.93. The predicted octanol–water partition coefficient (Wildman–Crippen LogP) is 1.60. The summed E-state index contributed by atoms with van der Waals surface area (Å²) >= 11 is 0. The fourth-order valence-electron chi connectivity index (χ4n) is 2.52. The van der Waals surface area contributed by atoms with Gasteiger partial charge in [-0.05, 0) is 31.5 Å². The van der Waals surface area contributed by atoms with Crippen LogP contribution in [0.15, 0.2) is 24.3 Å². The maximum Gasteiger partial charge on any atom is 0.253 e. The molecule has 1 aromatic heterocycles. The van der Waals surface area contributed by atoms with Gasteiger partial charge in [-0.15, -0.1) is 0 Å². The molecule has 0 saturated carbocycles. The van der Waals surface area contributed by atoms with E-state index in [2.05, 4.69) is 10.4 Å². The van der Waals surface area contributed by atoms with Gasteiger partial charge in [0.15, 0.2) is 0 Å². The Labute approximate surface area is 142 Å². The lowest BCUT2D eigenvalue weighted by Crippen LogP contribution is -2.25. The van der Waals surface area contributed by atoms with Crippen molar-refractivity contribution in [2.75, 3.05) is 14.1 Å². The highest BCUT2D eigenvalue weighted by Crippen LogP contribution is 2.12. The van der Waals surface area contributed by atoms with Gasteiger partial charge in [0.1, 0.15) is 0 Å². The van der Waals surface area contributed by atoms with E-state index in [0.717, 1.165) is 22.5 Å². The lowest BCUT2D eigenvalue weighted by Gasteiger charge is -2.11. The number of benzene rings is 1. The van der Waals surface area contributed by atoms with E-state index >= 15 is 0 Å². The number of aromatic nitrogens is 2. The van der Waals surface area contributed by atoms with E-state index in [-0.39, 0.29) is 11.8 Å². The molecule has 6 nitrogen and oxygen atoms in total. The number of nitrogens with one attached hydrogen (secondary N) is 1. The Morgan fingerprint density at radius 2 is 1.79 bits per heavy atom. The molecule has 0 saturated heterocycles. The number of amides is 2. The van der Waals surface area contributed by atoms with Crippen LogP contribution in [-0.4, -0.2) is 40.6 Å². The zero-order valence-electron chi connectivity index (χ0n) is 14.9. The Hall–Kier alpha value is -2.63. The maximum absolute atomic E-state index is 12.2. The first-order valence-corrected chi connectivity index (χ1v) is 7.86. The van der Waals surface area contributed by atoms with E-state index in [0.29, 0.717) is 18.5 Å². The standard InChI is InChI=1S/C18H24N4O2/c1-12-16(13(2)22(5)20-12)10-17(23)19-11-14-6-8-15(9-7-14)18(24)21(3)4/h6-9H,10-11H2,1-5H3,(H,19,23). The summed E-state index contributed by atoms with van der Waals surface area (Å²) in [7, 11) is 5.32. The van der Waals surface area contributed by atoms with Crippen LogP contribution in [0.2, 0.25) is 0 Å². The maximum atomic E-state index is 12.2. The van der Waals surface area contributed by atoms with E-state index in [1.54, 1.807) is 30.9 Å². The Bertz CT molecular complexity index is 745. The number of nitrogens with zero attached hydrogens (tertiary/aromatic N) is 3. The van der Waals surface area contributed by atoms with Crippen molar-refractivity contribution in [1.29, 1.82) is 0 Å². The molecule has 2 aromatic rings. The molecule has 6 heteroatoms. The monoisotopic (exact) mass is 328 g/mol. The largest absolute Gasteiger partial charge is 0.352 e. The number of rotatable bonds is 5. The van der Waals surface area contributed by atoms with Crippen molar-refractivity contribution in [3.05, 3.63) is 52.3 Å². The van der Waals surface area contributed by atoms with Crippen LogP contribution in [0.3, 0.4) is 0 Å². The average molecular weight is 328 g/mol. The van der Waals surface area contributed by atoms with Gasteiger partial charge in [-0.25, -0.2) is 0 Å². The molecule has 0 aliphatic carbocycles. The molecule has 0 radical (unpaired) electrons. The first-order valence-electron chi connectivity index (χ1n) is 7.86. The Kier molecular flexibility index (Phi) is 5.39. The molecular formula is C18H24N4O2. The van der Waals surface area contributed by atoms with Crippen molar-refractivity contribution in [3.63, 3.8) is 0 Å². The number of hydrogen-bond acceptors (Lipinski definition) is 3. The van der Waals surface area contributed by atoms with E-state index in [1.807, 2.05) is 33.0 Å². The molecule has 2 rings (SSSR count). The van der Waals surface area contributed by atoms with E-state index in [4.69, 9.17) is 0 Å². The van der Waals surface area contributed by atoms with Crippen molar-refractivity contribution in [2.24, 2.45) is 7.05 Å². The van der Waals surface area contributed by atoms with Crippen molar-refractivity contribution in [2.45, 2.75) is 26.8 Å². The topological polar surface area (TPSA) is 67.2 Å². The summed E-state index contributed by atoms with van der Waals surface area (Å²) in [6, 6.07) is 7.27. The molecule has 0 spiro atoms. The summed E-state index contributed by atoms with van der Waals surface area (Å²) in [5.41, 5.74) is 4.46. The summed E-state index contributed by atoms with van der Waals surface area (Å²) in [6.45, 7) is 4.31. The lowest BCUT2D eigenvalue weighted by molar-refractivity contribution is -0.120. The van der Waals surface area contributed by atoms with Crippen LogP contribution in [0.25, 0.3) is 0 Å². The molecule has 0 atom stereocenters. The van der Waals surface area contributed by atoms with Gasteiger partial charge in [-0.3, -0.25) is 14.3 Å². The fraction of sp³-hybridized carbons (Fsp3) is 0.389. The van der Waals surface area contributed by atoms with Crippen LogP contribution in [0, 0.1) is 13.8 Å². The molecule has 1 heterocycles. The minimum atomic E-state index is -0.0392. The van der Waals surface area contributed by atoms with Gasteiger partial charge in [0, 0.05) is 44.5 Å². The van der Waals surface area contributed by atoms with Crippen molar-refractivity contribution in [1.82, 2.24) is 20.0 Å². The first-order chi connectivity index (χ1) is 11.3. The van der Waals surface area contributed by atoms with Crippen LogP contribution in [0.1, 0.15) is 32.9 Å². The molecule has 0 unspecified atom stereocenters. The van der Waals surface area contributed by atoms with Gasteiger partial charge in [0.2, 0.25) is 5.91 Å². The molecule has 0 bridgehead atoms. The molecule has 0 aliphatic rings. The minimum absolute atomic E-state index is 0.0342. The van der Waals surface area contributed by atoms with Crippen LogP contribution in [0.5, 0.6) is 0 Å². The summed E-state index contributed by atoms with van der Waals surface area (Å²) in [6.07, 6.45) is 0.322. The number of aryl methyl sites for hydroxylation is 2. The zero-order chi connectivity index (χ0) is 17.9. The fourth-order valence-corrected chi connectivity index (χ4v) is 2.52. The summed E-state index contributed by atoms with van der Waals surface area (Å²) in [5, 5.41) is 7.23. The molecular weight excluding hydrogens is 304 g/mol. The van der Waals surface area contributed by atoms with Crippen LogP contribution in [-0.2, 0) is 24.8 Å². The van der Waals surface area contributed by atoms with Crippen molar-refractivity contribution >= 4 is 11.8 Å². The summed E-state index contributed by atoms with van der Waals surface area (Å²) in [5.74, 6) is -0.0734. The number of carbonyl (C=O) groups is 2. The third kappa shape index (κ3) is 4.01. The number of carbonyl (C=O) groups excluding carboxylic acids is 2. The minimum Gasteiger partial charge on any atom is -0.352 e. The van der Waals surface area contributed by atoms with Gasteiger partial charge in [-0.2, -0.15) is 5.10 Å². The first kappa shape index (κ1) is 17.7. The van der Waals surface area contributed by atoms with Crippen molar-refractivity contribution < 1.29 is 9.59 Å². The normalized spacial score (nSPS) is 10.5. The second kappa shape index (κ2) is 7.29. The Morgan fingerprint density at radius 1 is 1.17 bits per heavy atom. The van der Waals surface area contributed by atoms with Gasteiger partial charge < -0.3 is 10.2 Å². The van der Waals surface area contributed by atoms with E-state index in [1.165, 1.54) is 4.90 Å². The average Bonchev–Trinajstić information content (AvgIpc) is 2.79. The molecule has 0 fully saturated rings. The van der Waals surface area contributed by atoms with Gasteiger partial charge in [-0.1, -0.05) is 12.1 Å². The van der Waals surface area contributed by atoms with Crippen LogP contribution in [0.4, 0.5) is 0 Å². The molecule has 1 N–H and O–H groups in total. The van der Waals surface area contributed by atoms with Crippen LogP contribution < -0.4 is 5.32 Å². The van der Waals surface area contributed by atoms with Gasteiger partial charge >= 0.3 is 0 Å². The lowest BCUT2D eigenvalue weighted by atomic mass is 10.1. The van der Waals surface area contributed by atoms with E-state index < -0.39 is 0 Å². The molecule has 2 amide bonds.